The molecule has 0 fully saturated rings. The summed E-state index contributed by atoms with van der Waals surface area (Å²) in [5, 5.41) is 0. The summed E-state index contributed by atoms with van der Waals surface area (Å²) in [6.07, 6.45) is -4.80. The Kier molecular flexibility index (Phi) is 4.17. The van der Waals surface area contributed by atoms with Gasteiger partial charge in [-0.25, -0.2) is 4.39 Å². The Morgan fingerprint density at radius 2 is 2.00 bits per heavy atom. The maximum Gasteiger partial charge on any atom is 0.573 e. The smallest absolute Gasteiger partial charge is 0.496 e. The summed E-state index contributed by atoms with van der Waals surface area (Å²) in [6, 6.07) is 2.27. The lowest BCUT2D eigenvalue weighted by molar-refractivity contribution is -0.274. The third kappa shape index (κ3) is 3.77. The molecule has 0 saturated carbocycles. The second kappa shape index (κ2) is 5.22. The predicted octanol–water partition coefficient (Wildman–Crippen LogP) is 2.56. The topological polar surface area (TPSA) is 44.5 Å². The van der Waals surface area contributed by atoms with E-state index in [4.69, 9.17) is 10.5 Å². The first-order valence-corrected chi connectivity index (χ1v) is 4.62. The zero-order valence-electron chi connectivity index (χ0n) is 8.92. The van der Waals surface area contributed by atoms with E-state index in [2.05, 4.69) is 4.74 Å². The Balaban J connectivity index is 3.04. The number of rotatable bonds is 4. The zero-order valence-corrected chi connectivity index (χ0v) is 8.92. The summed E-state index contributed by atoms with van der Waals surface area (Å²) in [6.45, 7) is -0.911. The standard InChI is InChI=1S/C10H11F4NO2/c1-16-9-3-2-6(17-10(12,13)14)4-7(9)8(15)5-11/h2-4,8H,5,15H2,1H3/t8-/m1/s1. The SMILES string of the molecule is COc1ccc(OC(F)(F)F)cc1[C@H](N)CF. The number of benzene rings is 1. The van der Waals surface area contributed by atoms with Gasteiger partial charge in [0, 0.05) is 5.56 Å². The highest BCUT2D eigenvalue weighted by Crippen LogP contribution is 2.31. The fourth-order valence-electron chi connectivity index (χ4n) is 1.28. The first-order valence-electron chi connectivity index (χ1n) is 4.62. The van der Waals surface area contributed by atoms with Crippen LogP contribution in [0.2, 0.25) is 0 Å². The minimum atomic E-state index is -4.80. The van der Waals surface area contributed by atoms with Gasteiger partial charge in [-0.15, -0.1) is 13.2 Å². The monoisotopic (exact) mass is 253 g/mol. The second-order valence-corrected chi connectivity index (χ2v) is 3.21. The molecule has 17 heavy (non-hydrogen) atoms. The van der Waals surface area contributed by atoms with Gasteiger partial charge in [0.05, 0.1) is 13.2 Å². The third-order valence-electron chi connectivity index (χ3n) is 2.00. The molecule has 0 radical (unpaired) electrons. The number of methoxy groups -OCH3 is 1. The van der Waals surface area contributed by atoms with Crippen LogP contribution in [0.15, 0.2) is 18.2 Å². The van der Waals surface area contributed by atoms with Crippen molar-refractivity contribution in [1.29, 1.82) is 0 Å². The largest absolute Gasteiger partial charge is 0.573 e. The molecule has 0 unspecified atom stereocenters. The fraction of sp³-hybridized carbons (Fsp3) is 0.400. The van der Waals surface area contributed by atoms with Crippen molar-refractivity contribution in [2.45, 2.75) is 12.4 Å². The van der Waals surface area contributed by atoms with Crippen LogP contribution >= 0.6 is 0 Å². The van der Waals surface area contributed by atoms with Crippen LogP contribution in [0.1, 0.15) is 11.6 Å². The fourth-order valence-corrected chi connectivity index (χ4v) is 1.28. The molecule has 0 bridgehead atoms. The molecule has 0 aliphatic rings. The predicted molar refractivity (Wildman–Crippen MR) is 52.6 cm³/mol. The van der Waals surface area contributed by atoms with Crippen LogP contribution in [0.25, 0.3) is 0 Å². The molecule has 2 N–H and O–H groups in total. The van der Waals surface area contributed by atoms with Gasteiger partial charge < -0.3 is 15.2 Å². The van der Waals surface area contributed by atoms with Crippen molar-refractivity contribution in [3.05, 3.63) is 23.8 Å². The summed E-state index contributed by atoms with van der Waals surface area (Å²) in [4.78, 5) is 0. The summed E-state index contributed by atoms with van der Waals surface area (Å²) >= 11 is 0. The summed E-state index contributed by atoms with van der Waals surface area (Å²) < 4.78 is 56.9. The van der Waals surface area contributed by atoms with Crippen LogP contribution in [0.4, 0.5) is 17.6 Å². The van der Waals surface area contributed by atoms with Crippen molar-refractivity contribution < 1.29 is 27.0 Å². The van der Waals surface area contributed by atoms with Gasteiger partial charge >= 0.3 is 6.36 Å². The summed E-state index contributed by atoms with van der Waals surface area (Å²) in [5.41, 5.74) is 5.53. The summed E-state index contributed by atoms with van der Waals surface area (Å²) in [5.74, 6) is -0.248. The van der Waals surface area contributed by atoms with Crippen LogP contribution in [0.3, 0.4) is 0 Å². The molecule has 1 rings (SSSR count). The van der Waals surface area contributed by atoms with E-state index in [-0.39, 0.29) is 11.3 Å². The zero-order chi connectivity index (χ0) is 13.1. The summed E-state index contributed by atoms with van der Waals surface area (Å²) in [7, 11) is 1.31. The van der Waals surface area contributed by atoms with Crippen LogP contribution in [-0.2, 0) is 0 Å². The highest BCUT2D eigenvalue weighted by atomic mass is 19.4. The number of nitrogens with two attached hydrogens (primary N) is 1. The van der Waals surface area contributed by atoms with Crippen molar-refractivity contribution in [3.63, 3.8) is 0 Å². The van der Waals surface area contributed by atoms with Crippen molar-refractivity contribution in [2.75, 3.05) is 13.8 Å². The Morgan fingerprint density at radius 1 is 1.35 bits per heavy atom. The van der Waals surface area contributed by atoms with E-state index in [9.17, 15) is 17.6 Å². The van der Waals surface area contributed by atoms with Gasteiger partial charge in [-0.1, -0.05) is 0 Å². The van der Waals surface area contributed by atoms with Gasteiger partial charge in [-0.05, 0) is 18.2 Å². The molecule has 7 heteroatoms. The maximum atomic E-state index is 12.4. The molecule has 1 atom stereocenters. The average molecular weight is 253 g/mol. The number of hydrogen-bond acceptors (Lipinski definition) is 3. The Morgan fingerprint density at radius 3 is 2.47 bits per heavy atom. The molecule has 96 valence electrons. The van der Waals surface area contributed by atoms with Crippen molar-refractivity contribution in [2.24, 2.45) is 5.73 Å². The lowest BCUT2D eigenvalue weighted by atomic mass is 10.1. The van der Waals surface area contributed by atoms with Crippen LogP contribution < -0.4 is 15.2 Å². The molecular weight excluding hydrogens is 242 g/mol. The van der Waals surface area contributed by atoms with Gasteiger partial charge in [0.2, 0.25) is 0 Å². The average Bonchev–Trinajstić information content (AvgIpc) is 2.25. The van der Waals surface area contributed by atoms with Crippen LogP contribution in [0.5, 0.6) is 11.5 Å². The number of alkyl halides is 4. The minimum absolute atomic E-state index is 0.122. The number of ether oxygens (including phenoxy) is 2. The third-order valence-corrected chi connectivity index (χ3v) is 2.00. The van der Waals surface area contributed by atoms with Crippen LogP contribution in [0, 0.1) is 0 Å². The van der Waals surface area contributed by atoms with Gasteiger partial charge in [-0.2, -0.15) is 0 Å². The minimum Gasteiger partial charge on any atom is -0.496 e. The lowest BCUT2D eigenvalue weighted by Crippen LogP contribution is -2.18. The molecule has 1 aromatic rings. The Hall–Kier alpha value is -1.50. The molecule has 1 aromatic carbocycles. The highest BCUT2D eigenvalue weighted by molar-refractivity contribution is 5.42. The second-order valence-electron chi connectivity index (χ2n) is 3.21. The number of halogens is 4. The molecule has 0 aliphatic carbocycles. The van der Waals surface area contributed by atoms with Gasteiger partial charge in [0.1, 0.15) is 18.2 Å². The van der Waals surface area contributed by atoms with Crippen molar-refractivity contribution in [1.82, 2.24) is 0 Å². The van der Waals surface area contributed by atoms with E-state index < -0.39 is 24.8 Å². The molecule has 0 saturated heterocycles. The molecular formula is C10H11F4NO2. The van der Waals surface area contributed by atoms with E-state index in [1.165, 1.54) is 13.2 Å². The first kappa shape index (κ1) is 13.6. The number of hydrogen-bond donors (Lipinski definition) is 1. The Labute approximate surface area is 95.1 Å². The lowest BCUT2D eigenvalue weighted by Gasteiger charge is -2.15. The van der Waals surface area contributed by atoms with Crippen LogP contribution in [-0.4, -0.2) is 20.1 Å². The quantitative estimate of drug-likeness (QED) is 0.839. The van der Waals surface area contributed by atoms with Gasteiger partial charge in [-0.3, -0.25) is 0 Å². The normalized spacial score (nSPS) is 13.3. The van der Waals surface area contributed by atoms with E-state index >= 15 is 0 Å². The van der Waals surface area contributed by atoms with Crippen molar-refractivity contribution >= 4 is 0 Å². The molecule has 0 aliphatic heterocycles. The Bertz CT molecular complexity index is 381. The molecule has 0 aromatic heterocycles. The van der Waals surface area contributed by atoms with E-state index in [1.54, 1.807) is 0 Å². The first-order chi connectivity index (χ1) is 7.87. The van der Waals surface area contributed by atoms with Gasteiger partial charge in [0.15, 0.2) is 0 Å². The molecule has 0 heterocycles. The van der Waals surface area contributed by atoms with Gasteiger partial charge in [0.25, 0.3) is 0 Å². The maximum absolute atomic E-state index is 12.4. The molecule has 3 nitrogen and oxygen atoms in total. The highest BCUT2D eigenvalue weighted by Gasteiger charge is 2.31. The van der Waals surface area contributed by atoms with E-state index in [0.717, 1.165) is 12.1 Å². The molecule has 0 spiro atoms. The van der Waals surface area contributed by atoms with Crippen molar-refractivity contribution in [3.8, 4) is 11.5 Å². The van der Waals surface area contributed by atoms with E-state index in [0.29, 0.717) is 0 Å². The molecule has 0 amide bonds. The van der Waals surface area contributed by atoms with E-state index in [1.807, 2.05) is 0 Å².